The van der Waals surface area contributed by atoms with Crippen molar-refractivity contribution in [2.45, 2.75) is 0 Å². The molecule has 0 bridgehead atoms. The summed E-state index contributed by atoms with van der Waals surface area (Å²) < 4.78 is 14.1. The normalized spacial score (nSPS) is 15.6. The fourth-order valence-electron chi connectivity index (χ4n) is 3.00. The number of nitrogens with one attached hydrogen (secondary N) is 1. The topological polar surface area (TPSA) is 65.1 Å². The highest BCUT2D eigenvalue weighted by atomic mass is 127. The molecule has 0 unspecified atom stereocenters. The molecule has 1 fully saturated rings. The molecule has 1 aromatic carbocycles. The van der Waals surface area contributed by atoms with Crippen LogP contribution in [-0.4, -0.2) is 63.9 Å². The van der Waals surface area contributed by atoms with E-state index < -0.39 is 0 Å². The van der Waals surface area contributed by atoms with Crippen molar-refractivity contribution in [1.29, 1.82) is 0 Å². The molecule has 26 heavy (non-hydrogen) atoms. The van der Waals surface area contributed by atoms with E-state index in [1.54, 1.807) is 0 Å². The molecule has 0 saturated carbocycles. The van der Waals surface area contributed by atoms with Crippen molar-refractivity contribution in [3.63, 3.8) is 0 Å². The largest absolute Gasteiger partial charge is 0.336 e. The van der Waals surface area contributed by atoms with E-state index in [1.165, 1.54) is 6.20 Å². The van der Waals surface area contributed by atoms with Gasteiger partial charge in [-0.25, -0.2) is 14.4 Å². The zero-order valence-electron chi connectivity index (χ0n) is 14.2. The van der Waals surface area contributed by atoms with Crippen molar-refractivity contribution in [3.8, 4) is 11.4 Å². The first-order valence-electron chi connectivity index (χ1n) is 8.31. The standard InChI is InChI=1S/C18H17FIN5O/c1-24-6-8-25(9-7-24)18(26)12-4-2-11(3-5-12)16-22-15-14(20)13(19)10-21-17(15)23-16/h2-5,10H,6-9H2,1H3,(H,21,22,23). The van der Waals surface area contributed by atoms with Crippen LogP contribution in [0.5, 0.6) is 0 Å². The minimum absolute atomic E-state index is 0.0487. The number of nitrogens with zero attached hydrogens (tertiary/aromatic N) is 4. The highest BCUT2D eigenvalue weighted by molar-refractivity contribution is 14.1. The Morgan fingerprint density at radius 3 is 2.58 bits per heavy atom. The Bertz CT molecular complexity index is 964. The molecule has 0 spiro atoms. The molecule has 3 heterocycles. The zero-order valence-corrected chi connectivity index (χ0v) is 16.3. The Morgan fingerprint density at radius 2 is 1.88 bits per heavy atom. The van der Waals surface area contributed by atoms with Crippen LogP contribution in [0.4, 0.5) is 4.39 Å². The third-order valence-corrected chi connectivity index (χ3v) is 5.63. The minimum atomic E-state index is -0.385. The number of aromatic amines is 1. The van der Waals surface area contributed by atoms with Crippen LogP contribution in [0.25, 0.3) is 22.6 Å². The van der Waals surface area contributed by atoms with E-state index in [2.05, 4.69) is 26.9 Å². The van der Waals surface area contributed by atoms with Gasteiger partial charge in [-0.2, -0.15) is 0 Å². The van der Waals surface area contributed by atoms with Crippen LogP contribution in [-0.2, 0) is 0 Å². The maximum atomic E-state index is 13.6. The molecule has 6 nitrogen and oxygen atoms in total. The van der Waals surface area contributed by atoms with Crippen molar-refractivity contribution in [2.24, 2.45) is 0 Å². The summed E-state index contributed by atoms with van der Waals surface area (Å²) in [5.74, 6) is 0.270. The van der Waals surface area contributed by atoms with Crippen LogP contribution in [0.15, 0.2) is 30.5 Å². The molecular weight excluding hydrogens is 448 g/mol. The Morgan fingerprint density at radius 1 is 1.19 bits per heavy atom. The van der Waals surface area contributed by atoms with Gasteiger partial charge in [-0.3, -0.25) is 4.79 Å². The molecule has 4 rings (SSSR count). The molecule has 1 N–H and O–H groups in total. The second-order valence-corrected chi connectivity index (χ2v) is 7.45. The van der Waals surface area contributed by atoms with Crippen molar-refractivity contribution in [1.82, 2.24) is 24.8 Å². The summed E-state index contributed by atoms with van der Waals surface area (Å²) in [5, 5.41) is 0. The number of H-pyrrole nitrogens is 1. The number of carbonyl (C=O) groups is 1. The fourth-order valence-corrected chi connectivity index (χ4v) is 3.52. The van der Waals surface area contributed by atoms with Crippen LogP contribution in [0.1, 0.15) is 10.4 Å². The van der Waals surface area contributed by atoms with Gasteiger partial charge in [-0.05, 0) is 41.8 Å². The lowest BCUT2D eigenvalue weighted by Gasteiger charge is -2.32. The quantitative estimate of drug-likeness (QED) is 0.592. The Labute approximate surface area is 163 Å². The molecule has 1 amide bonds. The number of fused-ring (bicyclic) bond motifs is 1. The molecule has 8 heteroatoms. The monoisotopic (exact) mass is 465 g/mol. The van der Waals surface area contributed by atoms with Gasteiger partial charge in [0.05, 0.1) is 9.77 Å². The molecule has 0 radical (unpaired) electrons. The third kappa shape index (κ3) is 3.18. The van der Waals surface area contributed by atoms with Gasteiger partial charge in [0.2, 0.25) is 0 Å². The maximum Gasteiger partial charge on any atom is 0.253 e. The highest BCUT2D eigenvalue weighted by Gasteiger charge is 2.20. The smallest absolute Gasteiger partial charge is 0.253 e. The van der Waals surface area contributed by atoms with Crippen molar-refractivity contribution in [3.05, 3.63) is 45.4 Å². The lowest BCUT2D eigenvalue weighted by molar-refractivity contribution is 0.0664. The Balaban J connectivity index is 1.58. The van der Waals surface area contributed by atoms with Gasteiger partial charge >= 0.3 is 0 Å². The summed E-state index contributed by atoms with van der Waals surface area (Å²) in [5.41, 5.74) is 2.55. The lowest BCUT2D eigenvalue weighted by Crippen LogP contribution is -2.47. The number of halogens is 2. The van der Waals surface area contributed by atoms with E-state index in [-0.39, 0.29) is 11.7 Å². The SMILES string of the molecule is CN1CCN(C(=O)c2ccc(-c3nc4c(I)c(F)cnc4[nH]3)cc2)CC1. The molecule has 0 aliphatic carbocycles. The molecule has 1 saturated heterocycles. The number of rotatable bonds is 2. The minimum Gasteiger partial charge on any atom is -0.336 e. The summed E-state index contributed by atoms with van der Waals surface area (Å²) in [4.78, 5) is 28.3. The zero-order chi connectivity index (χ0) is 18.3. The van der Waals surface area contributed by atoms with Gasteiger partial charge in [0.25, 0.3) is 5.91 Å². The van der Waals surface area contributed by atoms with E-state index in [0.29, 0.717) is 26.1 Å². The van der Waals surface area contributed by atoms with Crippen molar-refractivity contribution >= 4 is 39.7 Å². The first-order valence-corrected chi connectivity index (χ1v) is 9.39. The van der Waals surface area contributed by atoms with E-state index in [9.17, 15) is 9.18 Å². The maximum absolute atomic E-state index is 13.6. The fraction of sp³-hybridized carbons (Fsp3) is 0.278. The van der Waals surface area contributed by atoms with Crippen molar-refractivity contribution < 1.29 is 9.18 Å². The molecule has 1 aliphatic rings. The molecule has 134 valence electrons. The summed E-state index contributed by atoms with van der Waals surface area (Å²) >= 11 is 1.92. The number of pyridine rings is 1. The van der Waals surface area contributed by atoms with Gasteiger partial charge in [0.1, 0.15) is 11.3 Å². The first kappa shape index (κ1) is 17.3. The molecule has 3 aromatic rings. The van der Waals surface area contributed by atoms with E-state index >= 15 is 0 Å². The number of benzene rings is 1. The number of amides is 1. The third-order valence-electron chi connectivity index (χ3n) is 4.61. The van der Waals surface area contributed by atoms with Gasteiger partial charge in [0, 0.05) is 37.3 Å². The molecule has 1 aliphatic heterocycles. The van der Waals surface area contributed by atoms with E-state index in [1.807, 2.05) is 51.8 Å². The lowest BCUT2D eigenvalue weighted by atomic mass is 10.1. The van der Waals surface area contributed by atoms with Crippen LogP contribution >= 0.6 is 22.6 Å². The number of hydrogen-bond acceptors (Lipinski definition) is 4. The van der Waals surface area contributed by atoms with Crippen LogP contribution in [0.3, 0.4) is 0 Å². The van der Waals surface area contributed by atoms with E-state index in [4.69, 9.17) is 0 Å². The second-order valence-electron chi connectivity index (χ2n) is 6.38. The predicted octanol–water partition coefficient (Wildman–Crippen LogP) is 2.76. The van der Waals surface area contributed by atoms with Gasteiger partial charge in [-0.1, -0.05) is 12.1 Å². The number of carbonyl (C=O) groups excluding carboxylic acids is 1. The second kappa shape index (κ2) is 6.92. The average Bonchev–Trinajstić information content (AvgIpc) is 3.10. The molecular formula is C18H17FIN5O. The Hall–Kier alpha value is -2.07. The summed E-state index contributed by atoms with van der Waals surface area (Å²) in [6.45, 7) is 3.28. The number of aromatic nitrogens is 3. The summed E-state index contributed by atoms with van der Waals surface area (Å²) in [7, 11) is 2.06. The summed E-state index contributed by atoms with van der Waals surface area (Å²) in [6.07, 6.45) is 1.18. The molecule has 0 atom stereocenters. The number of imidazole rings is 1. The predicted molar refractivity (Wildman–Crippen MR) is 105 cm³/mol. The highest BCUT2D eigenvalue weighted by Crippen LogP contribution is 2.24. The number of hydrogen-bond donors (Lipinski definition) is 1. The van der Waals surface area contributed by atoms with Gasteiger partial charge < -0.3 is 14.8 Å². The molecule has 2 aromatic heterocycles. The first-order chi connectivity index (χ1) is 12.5. The average molecular weight is 465 g/mol. The van der Waals surface area contributed by atoms with Crippen molar-refractivity contribution in [2.75, 3.05) is 33.2 Å². The van der Waals surface area contributed by atoms with Crippen LogP contribution in [0, 0.1) is 9.39 Å². The van der Waals surface area contributed by atoms with Crippen LogP contribution in [0.2, 0.25) is 0 Å². The summed E-state index contributed by atoms with van der Waals surface area (Å²) in [6, 6.07) is 7.32. The number of piperazine rings is 1. The van der Waals surface area contributed by atoms with E-state index in [0.717, 1.165) is 31.7 Å². The van der Waals surface area contributed by atoms with Gasteiger partial charge in [0.15, 0.2) is 11.5 Å². The van der Waals surface area contributed by atoms with Crippen LogP contribution < -0.4 is 0 Å². The number of likely N-dealkylation sites (N-methyl/N-ethyl adjacent to an activating group) is 1. The Kier molecular flexibility index (Phi) is 4.62. The van der Waals surface area contributed by atoms with Gasteiger partial charge in [-0.15, -0.1) is 0 Å².